The third kappa shape index (κ3) is 3.62. The Bertz CT molecular complexity index is 971. The molecule has 0 amide bonds. The van der Waals surface area contributed by atoms with Gasteiger partial charge in [-0.25, -0.2) is 18.7 Å². The molecule has 2 aromatic heterocycles. The minimum absolute atomic E-state index is 0.0439. The molecule has 0 aliphatic heterocycles. The van der Waals surface area contributed by atoms with Crippen molar-refractivity contribution in [2.24, 2.45) is 0 Å². The number of benzene rings is 1. The van der Waals surface area contributed by atoms with Crippen molar-refractivity contribution in [3.05, 3.63) is 58.5 Å². The molecule has 0 radical (unpaired) electrons. The van der Waals surface area contributed by atoms with E-state index in [4.69, 9.17) is 5.11 Å². The van der Waals surface area contributed by atoms with Gasteiger partial charge in [0.1, 0.15) is 12.0 Å². The first-order valence-corrected chi connectivity index (χ1v) is 8.42. The Morgan fingerprint density at radius 1 is 1.27 bits per heavy atom. The quantitative estimate of drug-likeness (QED) is 0.734. The lowest BCUT2D eigenvalue weighted by molar-refractivity contribution is 0.274. The summed E-state index contributed by atoms with van der Waals surface area (Å²) in [6.45, 7) is 1.63. The summed E-state index contributed by atoms with van der Waals surface area (Å²) in [5.74, 6) is -0.466. The molecule has 1 N–H and O–H groups in total. The van der Waals surface area contributed by atoms with Crippen LogP contribution in [-0.4, -0.2) is 25.8 Å². The third-order valence-corrected chi connectivity index (χ3v) is 4.19. The smallest absolute Gasteiger partial charge is 0.258 e. The van der Waals surface area contributed by atoms with Crippen LogP contribution in [0, 0.1) is 5.82 Å². The highest BCUT2D eigenvalue weighted by Crippen LogP contribution is 2.24. The second-order valence-electron chi connectivity index (χ2n) is 6.15. The van der Waals surface area contributed by atoms with Gasteiger partial charge >= 0.3 is 0 Å². The van der Waals surface area contributed by atoms with Crippen LogP contribution in [0.5, 0.6) is 0 Å². The number of hydrogen-bond acceptors (Lipinski definition) is 4. The molecule has 3 aromatic rings. The minimum atomic E-state index is -1.11. The van der Waals surface area contributed by atoms with Gasteiger partial charge in [-0.3, -0.25) is 4.79 Å². The molecule has 1 unspecified atom stereocenters. The summed E-state index contributed by atoms with van der Waals surface area (Å²) < 4.78 is 29.6. The van der Waals surface area contributed by atoms with Crippen LogP contribution in [0.4, 0.5) is 8.78 Å². The number of alkyl halides is 1. The molecule has 3 rings (SSSR count). The first kappa shape index (κ1) is 18.1. The highest BCUT2D eigenvalue weighted by Gasteiger charge is 2.14. The van der Waals surface area contributed by atoms with Crippen molar-refractivity contribution in [3.63, 3.8) is 0 Å². The first-order chi connectivity index (χ1) is 12.5. The van der Waals surface area contributed by atoms with Crippen LogP contribution >= 0.6 is 0 Å². The summed E-state index contributed by atoms with van der Waals surface area (Å²) in [4.78, 5) is 20.6. The Morgan fingerprint density at radius 3 is 2.65 bits per heavy atom. The van der Waals surface area contributed by atoms with Crippen molar-refractivity contribution >= 4 is 10.8 Å². The molecule has 0 bridgehead atoms. The second-order valence-corrected chi connectivity index (χ2v) is 6.15. The van der Waals surface area contributed by atoms with Gasteiger partial charge in [-0.15, -0.1) is 0 Å². The number of hydrogen-bond donors (Lipinski definition) is 1. The molecule has 26 heavy (non-hydrogen) atoms. The van der Waals surface area contributed by atoms with Gasteiger partial charge in [-0.05, 0) is 30.0 Å². The predicted octanol–water partition coefficient (Wildman–Crippen LogP) is 3.23. The van der Waals surface area contributed by atoms with Crippen LogP contribution in [0.1, 0.15) is 25.3 Å². The van der Waals surface area contributed by atoms with E-state index in [2.05, 4.69) is 9.97 Å². The average Bonchev–Trinajstić information content (AvgIpc) is 2.64. The Kier molecular flexibility index (Phi) is 5.37. The molecule has 0 saturated carbocycles. The molecule has 0 aliphatic rings. The number of aliphatic hydroxyl groups excluding tert-OH is 1. The summed E-state index contributed by atoms with van der Waals surface area (Å²) in [5, 5.41) is 9.75. The molecule has 5 nitrogen and oxygen atoms in total. The highest BCUT2D eigenvalue weighted by molar-refractivity contribution is 5.85. The van der Waals surface area contributed by atoms with Crippen molar-refractivity contribution in [1.29, 1.82) is 0 Å². The van der Waals surface area contributed by atoms with E-state index in [0.29, 0.717) is 23.8 Å². The molecule has 1 atom stereocenters. The van der Waals surface area contributed by atoms with Crippen molar-refractivity contribution in [2.75, 3.05) is 0 Å². The number of halogens is 2. The standard InChI is InChI=1S/C19H19F2N3O2/c1-2-3-14(20)10-24-5-4-13-6-16(17(21)7-15(13)19(24)26)18-22-8-12(11-25)9-23-18/h4-9,14,25H,2-3,10-11H2,1H3. The number of aliphatic hydroxyl groups is 1. The highest BCUT2D eigenvalue weighted by atomic mass is 19.1. The lowest BCUT2D eigenvalue weighted by atomic mass is 10.1. The maximum absolute atomic E-state index is 14.5. The van der Waals surface area contributed by atoms with E-state index in [1.165, 1.54) is 29.2 Å². The van der Waals surface area contributed by atoms with Gasteiger partial charge in [0.15, 0.2) is 5.82 Å². The molecule has 7 heteroatoms. The Balaban J connectivity index is 2.02. The zero-order valence-corrected chi connectivity index (χ0v) is 14.3. The Hall–Kier alpha value is -2.67. The molecule has 136 valence electrons. The van der Waals surface area contributed by atoms with Crippen LogP contribution in [0.2, 0.25) is 0 Å². The van der Waals surface area contributed by atoms with Gasteiger partial charge in [0, 0.05) is 24.2 Å². The average molecular weight is 359 g/mol. The predicted molar refractivity (Wildman–Crippen MR) is 94.9 cm³/mol. The lowest BCUT2D eigenvalue weighted by Crippen LogP contribution is -2.24. The summed E-state index contributed by atoms with van der Waals surface area (Å²) in [6.07, 6.45) is 4.30. The van der Waals surface area contributed by atoms with Gasteiger partial charge in [-0.2, -0.15) is 0 Å². The number of fused-ring (bicyclic) bond motifs is 1. The SMILES string of the molecule is CCCC(F)Cn1ccc2cc(-c3ncc(CO)cn3)c(F)cc2c1=O. The van der Waals surface area contributed by atoms with Crippen molar-refractivity contribution in [1.82, 2.24) is 14.5 Å². The van der Waals surface area contributed by atoms with Gasteiger partial charge in [0.25, 0.3) is 5.56 Å². The Labute approximate surface area is 149 Å². The summed E-state index contributed by atoms with van der Waals surface area (Å²) in [6, 6.07) is 4.30. The van der Waals surface area contributed by atoms with Crippen LogP contribution in [-0.2, 0) is 13.2 Å². The normalized spacial score (nSPS) is 12.5. The molecule has 0 saturated heterocycles. The topological polar surface area (TPSA) is 68.0 Å². The van der Waals surface area contributed by atoms with Crippen LogP contribution in [0.15, 0.2) is 41.6 Å². The molecule has 0 spiro atoms. The van der Waals surface area contributed by atoms with E-state index < -0.39 is 17.5 Å². The van der Waals surface area contributed by atoms with Crippen LogP contribution in [0.3, 0.4) is 0 Å². The fraction of sp³-hybridized carbons (Fsp3) is 0.316. The van der Waals surface area contributed by atoms with Gasteiger partial charge in [0.2, 0.25) is 0 Å². The Morgan fingerprint density at radius 2 is 2.00 bits per heavy atom. The van der Waals surface area contributed by atoms with E-state index in [1.54, 1.807) is 6.07 Å². The third-order valence-electron chi connectivity index (χ3n) is 4.19. The monoisotopic (exact) mass is 359 g/mol. The largest absolute Gasteiger partial charge is 0.392 e. The molecule has 0 fully saturated rings. The van der Waals surface area contributed by atoms with Gasteiger partial charge < -0.3 is 9.67 Å². The first-order valence-electron chi connectivity index (χ1n) is 8.42. The zero-order chi connectivity index (χ0) is 18.7. The van der Waals surface area contributed by atoms with E-state index in [1.807, 2.05) is 6.92 Å². The van der Waals surface area contributed by atoms with Gasteiger partial charge in [-0.1, -0.05) is 13.3 Å². The molecule has 0 aliphatic carbocycles. The number of rotatable bonds is 6. The maximum atomic E-state index is 14.5. The number of pyridine rings is 1. The lowest BCUT2D eigenvalue weighted by Gasteiger charge is -2.11. The molecule has 2 heterocycles. The van der Waals surface area contributed by atoms with Crippen LogP contribution < -0.4 is 5.56 Å². The van der Waals surface area contributed by atoms with Crippen molar-refractivity contribution in [3.8, 4) is 11.4 Å². The molecule has 1 aromatic carbocycles. The molecular formula is C19H19F2N3O2. The fourth-order valence-corrected chi connectivity index (χ4v) is 2.81. The summed E-state index contributed by atoms with van der Waals surface area (Å²) >= 11 is 0. The zero-order valence-electron chi connectivity index (χ0n) is 14.3. The fourth-order valence-electron chi connectivity index (χ4n) is 2.81. The van der Waals surface area contributed by atoms with E-state index in [0.717, 1.165) is 6.07 Å². The maximum Gasteiger partial charge on any atom is 0.258 e. The minimum Gasteiger partial charge on any atom is -0.392 e. The van der Waals surface area contributed by atoms with E-state index in [-0.39, 0.29) is 29.9 Å². The van der Waals surface area contributed by atoms with Gasteiger partial charge in [0.05, 0.1) is 24.1 Å². The van der Waals surface area contributed by atoms with Crippen molar-refractivity contribution in [2.45, 2.75) is 39.1 Å². The molecular weight excluding hydrogens is 340 g/mol. The second kappa shape index (κ2) is 7.70. The number of aromatic nitrogens is 3. The summed E-state index contributed by atoms with van der Waals surface area (Å²) in [7, 11) is 0. The van der Waals surface area contributed by atoms with E-state index >= 15 is 0 Å². The van der Waals surface area contributed by atoms with E-state index in [9.17, 15) is 13.6 Å². The van der Waals surface area contributed by atoms with Crippen LogP contribution in [0.25, 0.3) is 22.2 Å². The summed E-state index contributed by atoms with van der Waals surface area (Å²) in [5.41, 5.74) is 0.252. The number of nitrogens with zero attached hydrogens (tertiary/aromatic N) is 3. The van der Waals surface area contributed by atoms with Crippen molar-refractivity contribution < 1.29 is 13.9 Å².